The van der Waals surface area contributed by atoms with E-state index in [1.807, 2.05) is 0 Å². The van der Waals surface area contributed by atoms with Crippen molar-refractivity contribution in [2.45, 2.75) is 64.8 Å². The SMILES string of the molecule is CCCCCCCCC(NCC)c1ccc(I)c(Cl)c1. The van der Waals surface area contributed by atoms with Crippen LogP contribution in [0, 0.1) is 3.57 Å². The van der Waals surface area contributed by atoms with Gasteiger partial charge in [-0.15, -0.1) is 0 Å². The highest BCUT2D eigenvalue weighted by atomic mass is 127. The van der Waals surface area contributed by atoms with Gasteiger partial charge in [-0.1, -0.05) is 70.0 Å². The van der Waals surface area contributed by atoms with Crippen molar-refractivity contribution in [2.75, 3.05) is 6.54 Å². The fourth-order valence-electron chi connectivity index (χ4n) is 2.49. The van der Waals surface area contributed by atoms with Gasteiger partial charge in [0.25, 0.3) is 0 Å². The van der Waals surface area contributed by atoms with Crippen LogP contribution in [0.5, 0.6) is 0 Å². The first kappa shape index (κ1) is 18.2. The summed E-state index contributed by atoms with van der Waals surface area (Å²) in [6.45, 7) is 5.44. The summed E-state index contributed by atoms with van der Waals surface area (Å²) in [6.07, 6.45) is 9.31. The average Bonchev–Trinajstić information content (AvgIpc) is 2.44. The number of nitrogens with one attached hydrogen (secondary N) is 1. The monoisotopic (exact) mass is 407 g/mol. The maximum Gasteiger partial charge on any atom is 0.0542 e. The first-order valence-electron chi connectivity index (χ1n) is 7.87. The zero-order valence-corrected chi connectivity index (χ0v) is 15.6. The molecule has 0 aliphatic heterocycles. The average molecular weight is 408 g/mol. The molecule has 0 aliphatic rings. The Kier molecular flexibility index (Phi) is 9.91. The van der Waals surface area contributed by atoms with Gasteiger partial charge >= 0.3 is 0 Å². The minimum atomic E-state index is 0.445. The molecular formula is C17H27ClIN. The molecule has 0 aromatic heterocycles. The van der Waals surface area contributed by atoms with E-state index < -0.39 is 0 Å². The number of hydrogen-bond acceptors (Lipinski definition) is 1. The topological polar surface area (TPSA) is 12.0 Å². The molecule has 0 radical (unpaired) electrons. The van der Waals surface area contributed by atoms with Crippen molar-refractivity contribution in [3.63, 3.8) is 0 Å². The fraction of sp³-hybridized carbons (Fsp3) is 0.647. The van der Waals surface area contributed by atoms with Crippen molar-refractivity contribution in [2.24, 2.45) is 0 Å². The summed E-state index contributed by atoms with van der Waals surface area (Å²) in [5.41, 5.74) is 1.32. The predicted octanol–water partition coefficient (Wildman–Crippen LogP) is 6.35. The van der Waals surface area contributed by atoms with E-state index in [1.165, 1.54) is 50.5 Å². The molecule has 1 aromatic rings. The van der Waals surface area contributed by atoms with Crippen LogP contribution in [0.15, 0.2) is 18.2 Å². The zero-order chi connectivity index (χ0) is 14.8. The minimum absolute atomic E-state index is 0.445. The van der Waals surface area contributed by atoms with Crippen LogP contribution < -0.4 is 5.32 Å². The van der Waals surface area contributed by atoms with E-state index in [4.69, 9.17) is 11.6 Å². The molecule has 1 N–H and O–H groups in total. The molecule has 1 unspecified atom stereocenters. The van der Waals surface area contributed by atoms with Gasteiger partial charge in [0.2, 0.25) is 0 Å². The number of unbranched alkanes of at least 4 members (excludes halogenated alkanes) is 5. The van der Waals surface area contributed by atoms with Gasteiger partial charge in [0.1, 0.15) is 0 Å². The van der Waals surface area contributed by atoms with E-state index in [-0.39, 0.29) is 0 Å². The van der Waals surface area contributed by atoms with Crippen LogP contribution in [0.1, 0.15) is 70.4 Å². The Balaban J connectivity index is 2.45. The predicted molar refractivity (Wildman–Crippen MR) is 98.6 cm³/mol. The summed E-state index contributed by atoms with van der Waals surface area (Å²) in [5, 5.41) is 4.46. The van der Waals surface area contributed by atoms with E-state index in [2.05, 4.69) is 60.0 Å². The molecule has 0 saturated heterocycles. The summed E-state index contributed by atoms with van der Waals surface area (Å²) in [6, 6.07) is 6.89. The number of rotatable bonds is 10. The number of benzene rings is 1. The zero-order valence-electron chi connectivity index (χ0n) is 12.7. The molecular weight excluding hydrogens is 381 g/mol. The Labute approximate surface area is 143 Å². The van der Waals surface area contributed by atoms with Gasteiger partial charge in [0.15, 0.2) is 0 Å². The molecule has 0 amide bonds. The maximum atomic E-state index is 6.24. The first-order valence-corrected chi connectivity index (χ1v) is 9.33. The van der Waals surface area contributed by atoms with Gasteiger partial charge in [0.05, 0.1) is 5.02 Å². The quantitative estimate of drug-likeness (QED) is 0.352. The lowest BCUT2D eigenvalue weighted by Crippen LogP contribution is -2.20. The lowest BCUT2D eigenvalue weighted by atomic mass is 9.99. The van der Waals surface area contributed by atoms with E-state index in [1.54, 1.807) is 0 Å². The third kappa shape index (κ3) is 6.77. The number of hydrogen-bond donors (Lipinski definition) is 1. The molecule has 3 heteroatoms. The second-order valence-electron chi connectivity index (χ2n) is 5.34. The van der Waals surface area contributed by atoms with Gasteiger partial charge in [0, 0.05) is 9.61 Å². The molecule has 0 bridgehead atoms. The highest BCUT2D eigenvalue weighted by molar-refractivity contribution is 14.1. The Bertz CT molecular complexity index is 381. The highest BCUT2D eigenvalue weighted by Crippen LogP contribution is 2.26. The van der Waals surface area contributed by atoms with E-state index >= 15 is 0 Å². The van der Waals surface area contributed by atoms with Crippen LogP contribution in [0.3, 0.4) is 0 Å². The number of halogens is 2. The summed E-state index contributed by atoms with van der Waals surface area (Å²) in [4.78, 5) is 0. The van der Waals surface area contributed by atoms with Crippen molar-refractivity contribution < 1.29 is 0 Å². The molecule has 1 atom stereocenters. The van der Waals surface area contributed by atoms with Crippen molar-refractivity contribution in [1.29, 1.82) is 0 Å². The van der Waals surface area contributed by atoms with Crippen molar-refractivity contribution in [3.8, 4) is 0 Å². The van der Waals surface area contributed by atoms with E-state index in [0.717, 1.165) is 15.1 Å². The Morgan fingerprint density at radius 2 is 1.80 bits per heavy atom. The van der Waals surface area contributed by atoms with E-state index in [0.29, 0.717) is 6.04 Å². The van der Waals surface area contributed by atoms with Gasteiger partial charge in [-0.3, -0.25) is 0 Å². The largest absolute Gasteiger partial charge is 0.310 e. The van der Waals surface area contributed by atoms with E-state index in [9.17, 15) is 0 Å². The van der Waals surface area contributed by atoms with Gasteiger partial charge in [-0.2, -0.15) is 0 Å². The van der Waals surface area contributed by atoms with Crippen LogP contribution in [0.2, 0.25) is 5.02 Å². The van der Waals surface area contributed by atoms with Crippen molar-refractivity contribution in [1.82, 2.24) is 5.32 Å². The first-order chi connectivity index (χ1) is 9.69. The molecule has 0 spiro atoms. The summed E-state index contributed by atoms with van der Waals surface area (Å²) < 4.78 is 1.13. The molecule has 1 aromatic carbocycles. The smallest absolute Gasteiger partial charge is 0.0542 e. The second kappa shape index (κ2) is 10.9. The van der Waals surface area contributed by atoms with Crippen LogP contribution in [0.4, 0.5) is 0 Å². The Hall–Kier alpha value is 0.200. The second-order valence-corrected chi connectivity index (χ2v) is 6.91. The maximum absolute atomic E-state index is 6.24. The molecule has 0 fully saturated rings. The lowest BCUT2D eigenvalue weighted by molar-refractivity contribution is 0.477. The molecule has 20 heavy (non-hydrogen) atoms. The van der Waals surface area contributed by atoms with Gasteiger partial charge < -0.3 is 5.32 Å². The van der Waals surface area contributed by atoms with Crippen molar-refractivity contribution in [3.05, 3.63) is 32.4 Å². The molecule has 0 aliphatic carbocycles. The molecule has 1 rings (SSSR count). The Morgan fingerprint density at radius 1 is 1.10 bits per heavy atom. The summed E-state index contributed by atoms with van der Waals surface area (Å²) in [5.74, 6) is 0. The highest BCUT2D eigenvalue weighted by Gasteiger charge is 2.11. The normalized spacial score (nSPS) is 12.6. The third-order valence-electron chi connectivity index (χ3n) is 3.64. The third-order valence-corrected chi connectivity index (χ3v) is 5.22. The lowest BCUT2D eigenvalue weighted by Gasteiger charge is -2.19. The molecule has 0 heterocycles. The van der Waals surface area contributed by atoms with Crippen LogP contribution in [0.25, 0.3) is 0 Å². The summed E-state index contributed by atoms with van der Waals surface area (Å²) in [7, 11) is 0. The molecule has 1 nitrogen and oxygen atoms in total. The van der Waals surface area contributed by atoms with Gasteiger partial charge in [-0.25, -0.2) is 0 Å². The van der Waals surface area contributed by atoms with Crippen molar-refractivity contribution >= 4 is 34.2 Å². The van der Waals surface area contributed by atoms with Crippen LogP contribution in [-0.4, -0.2) is 6.54 Å². The van der Waals surface area contributed by atoms with Crippen LogP contribution in [-0.2, 0) is 0 Å². The fourth-order valence-corrected chi connectivity index (χ4v) is 3.02. The van der Waals surface area contributed by atoms with Gasteiger partial charge in [-0.05, 0) is 53.3 Å². The standard InChI is InChI=1S/C17H27ClIN/c1-3-5-6-7-8-9-10-17(20-4-2)14-11-12-16(19)15(18)13-14/h11-13,17,20H,3-10H2,1-2H3. The van der Waals surface area contributed by atoms with Crippen LogP contribution >= 0.6 is 34.2 Å². The Morgan fingerprint density at radius 3 is 2.45 bits per heavy atom. The minimum Gasteiger partial charge on any atom is -0.310 e. The summed E-state index contributed by atoms with van der Waals surface area (Å²) >= 11 is 8.52. The molecule has 0 saturated carbocycles. The molecule has 114 valence electrons.